The first-order valence-electron chi connectivity index (χ1n) is 5.66. The van der Waals surface area contributed by atoms with Crippen LogP contribution >= 0.6 is 0 Å². The van der Waals surface area contributed by atoms with Crippen LogP contribution < -0.4 is 5.73 Å². The lowest BCUT2D eigenvalue weighted by molar-refractivity contribution is 0.103. The highest BCUT2D eigenvalue weighted by Gasteiger charge is 2.15. The molecular weight excluding hydrogens is 229 g/mol. The van der Waals surface area contributed by atoms with E-state index in [-0.39, 0.29) is 11.3 Å². The standard InChI is InChI=1S/C15H14FNO/c1-9-3-5-12(10(2)7-9)15(18)13-8-11(16)4-6-14(13)17/h3-8H,17H2,1-2H3. The molecule has 92 valence electrons. The van der Waals surface area contributed by atoms with Crippen molar-refractivity contribution in [1.82, 2.24) is 0 Å². The zero-order valence-corrected chi connectivity index (χ0v) is 10.3. The second kappa shape index (κ2) is 4.61. The molecule has 0 atom stereocenters. The number of anilines is 1. The minimum absolute atomic E-state index is 0.210. The van der Waals surface area contributed by atoms with Crippen molar-refractivity contribution in [2.45, 2.75) is 13.8 Å². The summed E-state index contributed by atoms with van der Waals surface area (Å²) < 4.78 is 13.2. The number of carbonyl (C=O) groups excluding carboxylic acids is 1. The Labute approximate surface area is 105 Å². The number of rotatable bonds is 2. The van der Waals surface area contributed by atoms with Crippen LogP contribution in [0.3, 0.4) is 0 Å². The molecule has 18 heavy (non-hydrogen) atoms. The van der Waals surface area contributed by atoms with E-state index < -0.39 is 5.82 Å². The summed E-state index contributed by atoms with van der Waals surface area (Å²) in [7, 11) is 0. The highest BCUT2D eigenvalue weighted by Crippen LogP contribution is 2.20. The first-order chi connectivity index (χ1) is 8.49. The van der Waals surface area contributed by atoms with Crippen LogP contribution in [0.1, 0.15) is 27.0 Å². The third-order valence-corrected chi connectivity index (χ3v) is 2.89. The molecule has 3 heteroatoms. The summed E-state index contributed by atoms with van der Waals surface area (Å²) in [5.74, 6) is -0.707. The average molecular weight is 243 g/mol. The first-order valence-corrected chi connectivity index (χ1v) is 5.66. The maximum atomic E-state index is 13.2. The number of ketones is 1. The molecule has 2 N–H and O–H groups in total. The van der Waals surface area contributed by atoms with E-state index in [1.165, 1.54) is 18.2 Å². The van der Waals surface area contributed by atoms with Crippen molar-refractivity contribution < 1.29 is 9.18 Å². The molecule has 0 heterocycles. The second-order valence-corrected chi connectivity index (χ2v) is 4.38. The van der Waals surface area contributed by atoms with Gasteiger partial charge >= 0.3 is 0 Å². The van der Waals surface area contributed by atoms with Gasteiger partial charge in [-0.2, -0.15) is 0 Å². The predicted octanol–water partition coefficient (Wildman–Crippen LogP) is 3.26. The third-order valence-electron chi connectivity index (χ3n) is 2.89. The van der Waals surface area contributed by atoms with E-state index in [9.17, 15) is 9.18 Å². The second-order valence-electron chi connectivity index (χ2n) is 4.38. The van der Waals surface area contributed by atoms with Crippen LogP contribution in [0.15, 0.2) is 36.4 Å². The number of halogens is 1. The molecule has 0 saturated carbocycles. The van der Waals surface area contributed by atoms with Gasteiger partial charge < -0.3 is 5.73 Å². The van der Waals surface area contributed by atoms with E-state index in [0.29, 0.717) is 11.3 Å². The Hall–Kier alpha value is -2.16. The van der Waals surface area contributed by atoms with Crippen LogP contribution in [-0.2, 0) is 0 Å². The van der Waals surface area contributed by atoms with E-state index in [4.69, 9.17) is 5.73 Å². The maximum absolute atomic E-state index is 13.2. The summed E-state index contributed by atoms with van der Waals surface area (Å²) in [4.78, 5) is 12.3. The molecule has 0 fully saturated rings. The van der Waals surface area contributed by atoms with Gasteiger partial charge in [0.25, 0.3) is 0 Å². The molecule has 0 aliphatic heterocycles. The van der Waals surface area contributed by atoms with Crippen LogP contribution in [0.4, 0.5) is 10.1 Å². The van der Waals surface area contributed by atoms with Crippen molar-refractivity contribution in [1.29, 1.82) is 0 Å². The molecule has 0 aromatic heterocycles. The summed E-state index contributed by atoms with van der Waals surface area (Å²) in [6, 6.07) is 9.35. The Balaban J connectivity index is 2.51. The van der Waals surface area contributed by atoms with Crippen LogP contribution in [0, 0.1) is 19.7 Å². The van der Waals surface area contributed by atoms with Gasteiger partial charge in [-0.1, -0.05) is 23.8 Å². The molecule has 0 aliphatic rings. The van der Waals surface area contributed by atoms with Crippen LogP contribution in [-0.4, -0.2) is 5.78 Å². The first kappa shape index (κ1) is 12.3. The predicted molar refractivity (Wildman–Crippen MR) is 70.2 cm³/mol. The zero-order chi connectivity index (χ0) is 13.3. The largest absolute Gasteiger partial charge is 0.398 e. The van der Waals surface area contributed by atoms with Gasteiger partial charge in [0.2, 0.25) is 0 Å². The molecule has 0 aliphatic carbocycles. The fourth-order valence-electron chi connectivity index (χ4n) is 1.94. The quantitative estimate of drug-likeness (QED) is 0.650. The van der Waals surface area contributed by atoms with Gasteiger partial charge in [-0.15, -0.1) is 0 Å². The number of hydrogen-bond acceptors (Lipinski definition) is 2. The Morgan fingerprint density at radius 3 is 2.44 bits per heavy atom. The monoisotopic (exact) mass is 243 g/mol. The molecule has 2 aromatic rings. The Morgan fingerprint density at radius 1 is 1.06 bits per heavy atom. The minimum atomic E-state index is -0.461. The van der Waals surface area contributed by atoms with Gasteiger partial charge in [0, 0.05) is 16.8 Å². The Kier molecular flexibility index (Phi) is 3.15. The summed E-state index contributed by atoms with van der Waals surface area (Å²) in [6.07, 6.45) is 0. The lowest BCUT2D eigenvalue weighted by atomic mass is 9.96. The SMILES string of the molecule is Cc1ccc(C(=O)c2cc(F)ccc2N)c(C)c1. The summed E-state index contributed by atoms with van der Waals surface area (Å²) >= 11 is 0. The molecule has 0 radical (unpaired) electrons. The number of carbonyl (C=O) groups is 1. The zero-order valence-electron chi connectivity index (χ0n) is 10.3. The Bertz CT molecular complexity index is 620. The topological polar surface area (TPSA) is 43.1 Å². The van der Waals surface area contributed by atoms with Gasteiger partial charge in [0.1, 0.15) is 5.82 Å². The lowest BCUT2D eigenvalue weighted by Crippen LogP contribution is -2.07. The molecule has 0 bridgehead atoms. The van der Waals surface area contributed by atoms with E-state index in [1.54, 1.807) is 6.07 Å². The third kappa shape index (κ3) is 2.25. The smallest absolute Gasteiger partial charge is 0.195 e. The van der Waals surface area contributed by atoms with Gasteiger partial charge in [-0.25, -0.2) is 4.39 Å². The van der Waals surface area contributed by atoms with Crippen molar-refractivity contribution in [2.75, 3.05) is 5.73 Å². The number of nitrogen functional groups attached to an aromatic ring is 1. The van der Waals surface area contributed by atoms with E-state index in [0.717, 1.165) is 11.1 Å². The molecule has 0 spiro atoms. The maximum Gasteiger partial charge on any atom is 0.195 e. The number of hydrogen-bond donors (Lipinski definition) is 1. The van der Waals surface area contributed by atoms with Crippen molar-refractivity contribution >= 4 is 11.5 Å². The van der Waals surface area contributed by atoms with Crippen molar-refractivity contribution in [3.63, 3.8) is 0 Å². The molecule has 2 aromatic carbocycles. The minimum Gasteiger partial charge on any atom is -0.398 e. The molecule has 2 nitrogen and oxygen atoms in total. The normalized spacial score (nSPS) is 10.4. The average Bonchev–Trinajstić information content (AvgIpc) is 2.31. The van der Waals surface area contributed by atoms with E-state index in [1.807, 2.05) is 26.0 Å². The number of benzene rings is 2. The highest BCUT2D eigenvalue weighted by molar-refractivity contribution is 6.12. The molecule has 2 rings (SSSR count). The molecule has 0 saturated heterocycles. The summed E-state index contributed by atoms with van der Waals surface area (Å²) in [5.41, 5.74) is 8.72. The van der Waals surface area contributed by atoms with E-state index in [2.05, 4.69) is 0 Å². The number of aryl methyl sites for hydroxylation is 2. The van der Waals surface area contributed by atoms with Crippen molar-refractivity contribution in [3.8, 4) is 0 Å². The van der Waals surface area contributed by atoms with E-state index >= 15 is 0 Å². The van der Waals surface area contributed by atoms with Crippen molar-refractivity contribution in [3.05, 3.63) is 64.5 Å². The van der Waals surface area contributed by atoms with Crippen molar-refractivity contribution in [2.24, 2.45) is 0 Å². The summed E-state index contributed by atoms with van der Waals surface area (Å²) in [6.45, 7) is 3.81. The highest BCUT2D eigenvalue weighted by atomic mass is 19.1. The fraction of sp³-hybridized carbons (Fsp3) is 0.133. The van der Waals surface area contributed by atoms with Gasteiger partial charge in [-0.3, -0.25) is 4.79 Å². The van der Waals surface area contributed by atoms with Gasteiger partial charge in [0.05, 0.1) is 0 Å². The van der Waals surface area contributed by atoms with Gasteiger partial charge in [0.15, 0.2) is 5.78 Å². The molecular formula is C15H14FNO. The number of nitrogens with two attached hydrogens (primary N) is 1. The fourth-order valence-corrected chi connectivity index (χ4v) is 1.94. The molecule has 0 amide bonds. The van der Waals surface area contributed by atoms with Crippen LogP contribution in [0.25, 0.3) is 0 Å². The molecule has 0 unspecified atom stereocenters. The Morgan fingerprint density at radius 2 is 1.78 bits per heavy atom. The van der Waals surface area contributed by atoms with Crippen LogP contribution in [0.2, 0.25) is 0 Å². The summed E-state index contributed by atoms with van der Waals surface area (Å²) in [5, 5.41) is 0. The lowest BCUT2D eigenvalue weighted by Gasteiger charge is -2.08. The van der Waals surface area contributed by atoms with Crippen LogP contribution in [0.5, 0.6) is 0 Å². The van der Waals surface area contributed by atoms with Gasteiger partial charge in [-0.05, 0) is 37.6 Å².